The Bertz CT molecular complexity index is 538. The van der Waals surface area contributed by atoms with Crippen molar-refractivity contribution in [2.24, 2.45) is 5.73 Å². The van der Waals surface area contributed by atoms with Crippen LogP contribution in [0.15, 0.2) is 42.5 Å². The maximum absolute atomic E-state index is 5.58. The summed E-state index contributed by atoms with van der Waals surface area (Å²) in [6.45, 7) is 0.548. The first kappa shape index (κ1) is 13.2. The molecule has 100 valence electrons. The van der Waals surface area contributed by atoms with Crippen LogP contribution in [0.5, 0.6) is 11.5 Å². The van der Waals surface area contributed by atoms with Gasteiger partial charge in [0, 0.05) is 18.3 Å². The van der Waals surface area contributed by atoms with Gasteiger partial charge in [-0.05, 0) is 29.8 Å². The molecular formula is C15H18N2O2. The van der Waals surface area contributed by atoms with Crippen molar-refractivity contribution >= 4 is 11.4 Å². The van der Waals surface area contributed by atoms with Crippen molar-refractivity contribution in [3.8, 4) is 11.5 Å². The standard InChI is InChI=1S/C15H18N2O2/c1-18-13-7-8-14(15(9-13)19-2)17-12-5-3-11(10-16)4-6-12/h3-9,17H,10,16H2,1-2H3. The maximum atomic E-state index is 5.58. The molecule has 0 spiro atoms. The maximum Gasteiger partial charge on any atom is 0.145 e. The predicted octanol–water partition coefficient (Wildman–Crippen LogP) is 2.91. The molecule has 2 aromatic carbocycles. The van der Waals surface area contributed by atoms with E-state index in [0.29, 0.717) is 6.54 Å². The fourth-order valence-electron chi connectivity index (χ4n) is 1.78. The number of nitrogens with two attached hydrogens (primary N) is 1. The zero-order valence-corrected chi connectivity index (χ0v) is 11.1. The van der Waals surface area contributed by atoms with Crippen molar-refractivity contribution in [1.29, 1.82) is 0 Å². The van der Waals surface area contributed by atoms with Gasteiger partial charge >= 0.3 is 0 Å². The zero-order chi connectivity index (χ0) is 13.7. The van der Waals surface area contributed by atoms with Crippen molar-refractivity contribution in [2.45, 2.75) is 6.54 Å². The summed E-state index contributed by atoms with van der Waals surface area (Å²) in [5.74, 6) is 1.50. The molecule has 0 amide bonds. The first-order valence-corrected chi connectivity index (χ1v) is 6.05. The molecule has 0 radical (unpaired) electrons. The highest BCUT2D eigenvalue weighted by atomic mass is 16.5. The second-order valence-electron chi connectivity index (χ2n) is 4.09. The van der Waals surface area contributed by atoms with Crippen molar-refractivity contribution in [1.82, 2.24) is 0 Å². The van der Waals surface area contributed by atoms with E-state index in [1.54, 1.807) is 14.2 Å². The summed E-state index contributed by atoms with van der Waals surface area (Å²) in [6, 6.07) is 13.6. The van der Waals surface area contributed by atoms with Crippen LogP contribution in [0.3, 0.4) is 0 Å². The topological polar surface area (TPSA) is 56.5 Å². The van der Waals surface area contributed by atoms with Crippen molar-refractivity contribution < 1.29 is 9.47 Å². The quantitative estimate of drug-likeness (QED) is 0.865. The lowest BCUT2D eigenvalue weighted by Crippen LogP contribution is -1.98. The normalized spacial score (nSPS) is 10.1. The SMILES string of the molecule is COc1ccc(Nc2ccc(CN)cc2)c(OC)c1. The molecule has 0 unspecified atom stereocenters. The molecule has 19 heavy (non-hydrogen) atoms. The molecule has 3 N–H and O–H groups in total. The Balaban J connectivity index is 2.21. The van der Waals surface area contributed by atoms with Crippen LogP contribution < -0.4 is 20.5 Å². The molecule has 0 aliphatic rings. The molecule has 2 rings (SSSR count). The Labute approximate surface area is 113 Å². The third kappa shape index (κ3) is 3.17. The highest BCUT2D eigenvalue weighted by Crippen LogP contribution is 2.31. The second kappa shape index (κ2) is 6.11. The molecule has 0 saturated carbocycles. The van der Waals surface area contributed by atoms with Gasteiger partial charge in [0.25, 0.3) is 0 Å². The van der Waals surface area contributed by atoms with Crippen LogP contribution in [0.4, 0.5) is 11.4 Å². The summed E-state index contributed by atoms with van der Waals surface area (Å²) in [4.78, 5) is 0. The number of benzene rings is 2. The van der Waals surface area contributed by atoms with Crippen LogP contribution in [-0.2, 0) is 6.54 Å². The number of nitrogens with one attached hydrogen (secondary N) is 1. The van der Waals surface area contributed by atoms with Crippen molar-refractivity contribution in [2.75, 3.05) is 19.5 Å². The number of hydrogen-bond acceptors (Lipinski definition) is 4. The van der Waals surface area contributed by atoms with E-state index >= 15 is 0 Å². The number of ether oxygens (including phenoxy) is 2. The molecule has 0 atom stereocenters. The summed E-state index contributed by atoms with van der Waals surface area (Å²) in [5.41, 5.74) is 8.56. The summed E-state index contributed by atoms with van der Waals surface area (Å²) >= 11 is 0. The highest BCUT2D eigenvalue weighted by Gasteiger charge is 2.05. The zero-order valence-electron chi connectivity index (χ0n) is 11.1. The Morgan fingerprint density at radius 2 is 1.74 bits per heavy atom. The Morgan fingerprint density at radius 1 is 1.00 bits per heavy atom. The largest absolute Gasteiger partial charge is 0.497 e. The van der Waals surface area contributed by atoms with E-state index in [9.17, 15) is 0 Å². The first-order valence-electron chi connectivity index (χ1n) is 6.05. The van der Waals surface area contributed by atoms with Crippen molar-refractivity contribution in [3.05, 3.63) is 48.0 Å². The molecule has 0 aliphatic carbocycles. The van der Waals surface area contributed by atoms with Gasteiger partial charge in [0.2, 0.25) is 0 Å². The minimum Gasteiger partial charge on any atom is -0.497 e. The van der Waals surface area contributed by atoms with Crippen LogP contribution >= 0.6 is 0 Å². The number of rotatable bonds is 5. The predicted molar refractivity (Wildman–Crippen MR) is 77.2 cm³/mol. The van der Waals surface area contributed by atoms with Gasteiger partial charge in [-0.15, -0.1) is 0 Å². The third-order valence-corrected chi connectivity index (χ3v) is 2.88. The molecule has 0 aromatic heterocycles. The average Bonchev–Trinajstić information content (AvgIpc) is 2.48. The fourth-order valence-corrected chi connectivity index (χ4v) is 1.78. The van der Waals surface area contributed by atoms with Gasteiger partial charge in [0.1, 0.15) is 11.5 Å². The number of anilines is 2. The summed E-state index contributed by atoms with van der Waals surface area (Å²) in [7, 11) is 3.27. The van der Waals surface area contributed by atoms with Gasteiger partial charge < -0.3 is 20.5 Å². The van der Waals surface area contributed by atoms with Crippen molar-refractivity contribution in [3.63, 3.8) is 0 Å². The average molecular weight is 258 g/mol. The van der Waals surface area contributed by atoms with E-state index in [4.69, 9.17) is 15.2 Å². The first-order chi connectivity index (χ1) is 9.26. The summed E-state index contributed by atoms with van der Waals surface area (Å²) in [6.07, 6.45) is 0. The Kier molecular flexibility index (Phi) is 4.26. The molecule has 0 bridgehead atoms. The molecule has 0 fully saturated rings. The van der Waals surface area contributed by atoms with Crippen LogP contribution in [-0.4, -0.2) is 14.2 Å². The molecule has 0 aliphatic heterocycles. The van der Waals surface area contributed by atoms with E-state index in [0.717, 1.165) is 28.4 Å². The molecule has 2 aromatic rings. The van der Waals surface area contributed by atoms with Crippen LogP contribution in [0.1, 0.15) is 5.56 Å². The fraction of sp³-hybridized carbons (Fsp3) is 0.200. The monoisotopic (exact) mass is 258 g/mol. The lowest BCUT2D eigenvalue weighted by atomic mass is 10.2. The molecular weight excluding hydrogens is 240 g/mol. The highest BCUT2D eigenvalue weighted by molar-refractivity contribution is 5.67. The van der Waals surface area contributed by atoms with Gasteiger partial charge in [0.05, 0.1) is 19.9 Å². The van der Waals surface area contributed by atoms with Crippen LogP contribution in [0.2, 0.25) is 0 Å². The lowest BCUT2D eigenvalue weighted by Gasteiger charge is -2.12. The number of methoxy groups -OCH3 is 2. The lowest BCUT2D eigenvalue weighted by molar-refractivity contribution is 0.395. The smallest absolute Gasteiger partial charge is 0.145 e. The molecule has 4 nitrogen and oxygen atoms in total. The Hall–Kier alpha value is -2.20. The number of hydrogen-bond donors (Lipinski definition) is 2. The van der Waals surface area contributed by atoms with E-state index in [1.807, 2.05) is 42.5 Å². The van der Waals surface area contributed by atoms with E-state index in [1.165, 1.54) is 0 Å². The molecule has 4 heteroatoms. The van der Waals surface area contributed by atoms with E-state index in [2.05, 4.69) is 5.32 Å². The van der Waals surface area contributed by atoms with E-state index < -0.39 is 0 Å². The van der Waals surface area contributed by atoms with Gasteiger partial charge in [-0.25, -0.2) is 0 Å². The van der Waals surface area contributed by atoms with Gasteiger partial charge in [-0.3, -0.25) is 0 Å². The minimum atomic E-state index is 0.548. The van der Waals surface area contributed by atoms with Crippen LogP contribution in [0, 0.1) is 0 Å². The minimum absolute atomic E-state index is 0.548. The van der Waals surface area contributed by atoms with Gasteiger partial charge in [-0.1, -0.05) is 12.1 Å². The second-order valence-corrected chi connectivity index (χ2v) is 4.09. The summed E-state index contributed by atoms with van der Waals surface area (Å²) in [5, 5.41) is 3.30. The van der Waals surface area contributed by atoms with E-state index in [-0.39, 0.29) is 0 Å². The summed E-state index contributed by atoms with van der Waals surface area (Å²) < 4.78 is 10.5. The third-order valence-electron chi connectivity index (χ3n) is 2.88. The Morgan fingerprint density at radius 3 is 2.32 bits per heavy atom. The van der Waals surface area contributed by atoms with Gasteiger partial charge in [0.15, 0.2) is 0 Å². The van der Waals surface area contributed by atoms with Gasteiger partial charge in [-0.2, -0.15) is 0 Å². The molecule has 0 saturated heterocycles. The molecule has 0 heterocycles. The van der Waals surface area contributed by atoms with Crippen LogP contribution in [0.25, 0.3) is 0 Å².